The van der Waals surface area contributed by atoms with Crippen LogP contribution in [0.15, 0.2) is 30.3 Å². The fourth-order valence-electron chi connectivity index (χ4n) is 4.27. The van der Waals surface area contributed by atoms with Gasteiger partial charge in [0, 0.05) is 17.6 Å². The van der Waals surface area contributed by atoms with Gasteiger partial charge in [0.25, 0.3) is 5.91 Å². The molecule has 1 amide bonds. The molecule has 2 fully saturated rings. The topological polar surface area (TPSA) is 20.3 Å². The Morgan fingerprint density at radius 1 is 1.00 bits per heavy atom. The monoisotopic (exact) mass is 257 g/mol. The van der Waals surface area contributed by atoms with Gasteiger partial charge in [0.15, 0.2) is 0 Å². The average Bonchev–Trinajstić information content (AvgIpc) is 2.72. The van der Waals surface area contributed by atoms with Crippen LogP contribution in [0.5, 0.6) is 0 Å². The Morgan fingerprint density at radius 3 is 2.05 bits per heavy atom. The van der Waals surface area contributed by atoms with Crippen molar-refractivity contribution in [1.29, 1.82) is 0 Å². The van der Waals surface area contributed by atoms with Gasteiger partial charge in [-0.05, 0) is 50.7 Å². The number of carbonyl (C=O) groups excluding carboxylic acids is 1. The van der Waals surface area contributed by atoms with Gasteiger partial charge in [-0.2, -0.15) is 0 Å². The van der Waals surface area contributed by atoms with Gasteiger partial charge in [0.05, 0.1) is 0 Å². The molecule has 1 saturated carbocycles. The number of hydrogen-bond donors (Lipinski definition) is 0. The summed E-state index contributed by atoms with van der Waals surface area (Å²) >= 11 is 0. The van der Waals surface area contributed by atoms with Crippen molar-refractivity contribution in [1.82, 2.24) is 4.90 Å². The zero-order chi connectivity index (χ0) is 13.4. The summed E-state index contributed by atoms with van der Waals surface area (Å²) in [6, 6.07) is 10.5. The molecule has 0 spiro atoms. The van der Waals surface area contributed by atoms with Crippen molar-refractivity contribution in [2.24, 2.45) is 11.8 Å². The lowest BCUT2D eigenvalue weighted by Gasteiger charge is -2.28. The fourth-order valence-corrected chi connectivity index (χ4v) is 4.27. The molecule has 3 rings (SSSR count). The zero-order valence-electron chi connectivity index (χ0n) is 11.9. The van der Waals surface area contributed by atoms with E-state index in [4.69, 9.17) is 0 Å². The molecule has 19 heavy (non-hydrogen) atoms. The van der Waals surface area contributed by atoms with Crippen molar-refractivity contribution in [3.63, 3.8) is 0 Å². The molecule has 4 atom stereocenters. The number of likely N-dealkylation sites (tertiary alicyclic amines) is 1. The lowest BCUT2D eigenvalue weighted by atomic mass is 9.77. The summed E-state index contributed by atoms with van der Waals surface area (Å²) in [6.07, 6.45) is 5.28. The second-order valence-corrected chi connectivity index (χ2v) is 6.17. The molecule has 0 aromatic heterocycles. The van der Waals surface area contributed by atoms with Gasteiger partial charge in [-0.25, -0.2) is 0 Å². The Bertz CT molecular complexity index is 438. The predicted octanol–water partition coefficient (Wildman–Crippen LogP) is 3.73. The van der Waals surface area contributed by atoms with Crippen LogP contribution in [0.3, 0.4) is 0 Å². The second-order valence-electron chi connectivity index (χ2n) is 6.17. The van der Waals surface area contributed by atoms with Crippen molar-refractivity contribution in [3.8, 4) is 0 Å². The number of fused-ring (bicyclic) bond motifs is 1. The second kappa shape index (κ2) is 4.99. The third kappa shape index (κ3) is 2.07. The van der Waals surface area contributed by atoms with Crippen LogP contribution in [0.2, 0.25) is 0 Å². The maximum Gasteiger partial charge on any atom is 0.254 e. The molecule has 2 heteroatoms. The quantitative estimate of drug-likeness (QED) is 0.750. The van der Waals surface area contributed by atoms with Crippen LogP contribution in [0, 0.1) is 11.8 Å². The third-order valence-corrected chi connectivity index (χ3v) is 5.25. The Hall–Kier alpha value is -1.31. The molecular weight excluding hydrogens is 234 g/mol. The Labute approximate surface area is 115 Å². The largest absolute Gasteiger partial charge is 0.333 e. The molecule has 102 valence electrons. The van der Waals surface area contributed by atoms with Gasteiger partial charge in [-0.3, -0.25) is 4.79 Å². The van der Waals surface area contributed by atoms with Crippen LogP contribution in [-0.4, -0.2) is 22.9 Å². The number of carbonyl (C=O) groups is 1. The Balaban J connectivity index is 1.86. The van der Waals surface area contributed by atoms with Crippen LogP contribution < -0.4 is 0 Å². The number of benzene rings is 1. The van der Waals surface area contributed by atoms with Gasteiger partial charge in [0.2, 0.25) is 0 Å². The molecule has 1 aliphatic carbocycles. The first kappa shape index (κ1) is 12.7. The van der Waals surface area contributed by atoms with Crippen molar-refractivity contribution < 1.29 is 4.79 Å². The summed E-state index contributed by atoms with van der Waals surface area (Å²) in [5.74, 6) is 1.66. The van der Waals surface area contributed by atoms with Crippen molar-refractivity contribution >= 4 is 5.91 Å². The van der Waals surface area contributed by atoms with Crippen molar-refractivity contribution in [2.45, 2.75) is 51.6 Å². The molecule has 2 aliphatic rings. The highest BCUT2D eigenvalue weighted by Gasteiger charge is 2.47. The highest BCUT2D eigenvalue weighted by Crippen LogP contribution is 2.44. The molecule has 1 saturated heterocycles. The van der Waals surface area contributed by atoms with E-state index in [0.29, 0.717) is 12.1 Å². The number of hydrogen-bond acceptors (Lipinski definition) is 1. The minimum absolute atomic E-state index is 0.218. The highest BCUT2D eigenvalue weighted by atomic mass is 16.2. The van der Waals surface area contributed by atoms with E-state index in [-0.39, 0.29) is 5.91 Å². The van der Waals surface area contributed by atoms with Crippen LogP contribution in [0.1, 0.15) is 49.9 Å². The van der Waals surface area contributed by atoms with Gasteiger partial charge in [-0.15, -0.1) is 0 Å². The standard InChI is InChI=1S/C17H23NO/c1-12-15-10-6-7-11-16(15)13(2)18(12)17(19)14-8-4-3-5-9-14/h3-5,8-9,12-13,15-16H,6-7,10-11H2,1-2H3. The normalized spacial score (nSPS) is 34.1. The number of amides is 1. The van der Waals surface area contributed by atoms with E-state index in [2.05, 4.69) is 18.7 Å². The Kier molecular flexibility index (Phi) is 3.34. The van der Waals surface area contributed by atoms with Crippen LogP contribution in [0.4, 0.5) is 0 Å². The van der Waals surface area contributed by atoms with Crippen LogP contribution >= 0.6 is 0 Å². The zero-order valence-corrected chi connectivity index (χ0v) is 11.9. The smallest absolute Gasteiger partial charge is 0.254 e. The summed E-state index contributed by atoms with van der Waals surface area (Å²) in [5, 5.41) is 0. The minimum atomic E-state index is 0.218. The Morgan fingerprint density at radius 2 is 1.53 bits per heavy atom. The maximum atomic E-state index is 12.7. The molecule has 4 unspecified atom stereocenters. The van der Waals surface area contributed by atoms with E-state index >= 15 is 0 Å². The van der Waals surface area contributed by atoms with Gasteiger partial charge < -0.3 is 4.90 Å². The fraction of sp³-hybridized carbons (Fsp3) is 0.588. The first-order valence-corrected chi connectivity index (χ1v) is 7.58. The summed E-state index contributed by atoms with van der Waals surface area (Å²) in [6.45, 7) is 4.49. The van der Waals surface area contributed by atoms with E-state index in [1.54, 1.807) is 0 Å². The molecular formula is C17H23NO. The maximum absolute atomic E-state index is 12.7. The summed E-state index contributed by atoms with van der Waals surface area (Å²) in [5.41, 5.74) is 0.833. The molecule has 1 aromatic carbocycles. The highest BCUT2D eigenvalue weighted by molar-refractivity contribution is 5.94. The molecule has 0 radical (unpaired) electrons. The predicted molar refractivity (Wildman–Crippen MR) is 77.0 cm³/mol. The SMILES string of the molecule is CC1C2CCCCC2C(C)N1C(=O)c1ccccc1. The van der Waals surface area contributed by atoms with E-state index in [9.17, 15) is 4.79 Å². The van der Waals surface area contributed by atoms with E-state index in [1.165, 1.54) is 25.7 Å². The van der Waals surface area contributed by atoms with Gasteiger partial charge in [-0.1, -0.05) is 31.0 Å². The van der Waals surface area contributed by atoms with Crippen molar-refractivity contribution in [3.05, 3.63) is 35.9 Å². The van der Waals surface area contributed by atoms with Gasteiger partial charge >= 0.3 is 0 Å². The van der Waals surface area contributed by atoms with Crippen LogP contribution in [-0.2, 0) is 0 Å². The molecule has 2 nitrogen and oxygen atoms in total. The average molecular weight is 257 g/mol. The first-order chi connectivity index (χ1) is 9.20. The lowest BCUT2D eigenvalue weighted by molar-refractivity contribution is 0.0672. The summed E-state index contributed by atoms with van der Waals surface area (Å²) in [4.78, 5) is 14.9. The molecule has 0 bridgehead atoms. The third-order valence-electron chi connectivity index (χ3n) is 5.25. The molecule has 0 N–H and O–H groups in total. The summed E-state index contributed by atoms with van der Waals surface area (Å²) < 4.78 is 0. The minimum Gasteiger partial charge on any atom is -0.333 e. The summed E-state index contributed by atoms with van der Waals surface area (Å²) in [7, 11) is 0. The number of nitrogens with zero attached hydrogens (tertiary/aromatic N) is 1. The van der Waals surface area contributed by atoms with E-state index in [0.717, 1.165) is 17.4 Å². The number of rotatable bonds is 1. The molecule has 1 heterocycles. The van der Waals surface area contributed by atoms with Crippen LogP contribution in [0.25, 0.3) is 0 Å². The van der Waals surface area contributed by atoms with E-state index in [1.807, 2.05) is 30.3 Å². The van der Waals surface area contributed by atoms with Crippen molar-refractivity contribution in [2.75, 3.05) is 0 Å². The van der Waals surface area contributed by atoms with Gasteiger partial charge in [0.1, 0.15) is 0 Å². The molecule has 1 aromatic rings. The van der Waals surface area contributed by atoms with E-state index < -0.39 is 0 Å². The first-order valence-electron chi connectivity index (χ1n) is 7.58. The molecule has 1 aliphatic heterocycles. The lowest BCUT2D eigenvalue weighted by Crippen LogP contribution is -2.40.